The molecule has 2 aromatic carbocycles. The molecule has 174 valence electrons. The number of nitrogens with zero attached hydrogens (tertiary/aromatic N) is 4. The lowest BCUT2D eigenvalue weighted by atomic mass is 9.96. The van der Waals surface area contributed by atoms with Crippen LogP contribution in [0.4, 0.5) is 0 Å². The van der Waals surface area contributed by atoms with E-state index in [1.165, 1.54) is 5.56 Å². The summed E-state index contributed by atoms with van der Waals surface area (Å²) in [6.07, 6.45) is 8.02. The van der Waals surface area contributed by atoms with Crippen molar-refractivity contribution in [2.75, 3.05) is 13.1 Å². The Morgan fingerprint density at radius 2 is 1.79 bits per heavy atom. The Labute approximate surface area is 200 Å². The number of hydrogen-bond donors (Lipinski definition) is 1. The number of carbonyl (C=O) groups excluding carboxylic acids is 1. The lowest BCUT2D eigenvalue weighted by molar-refractivity contribution is -0.126. The molecule has 0 radical (unpaired) electrons. The quantitative estimate of drug-likeness (QED) is 0.448. The molecule has 6 nitrogen and oxygen atoms in total. The van der Waals surface area contributed by atoms with Gasteiger partial charge < -0.3 is 9.88 Å². The van der Waals surface area contributed by atoms with Crippen LogP contribution in [-0.2, 0) is 17.9 Å². The minimum atomic E-state index is 0.0124. The highest BCUT2D eigenvalue weighted by Crippen LogP contribution is 2.24. The summed E-state index contributed by atoms with van der Waals surface area (Å²) >= 11 is 0. The molecular weight excluding hydrogens is 422 g/mol. The average Bonchev–Trinajstić information content (AvgIpc) is 3.54. The predicted octanol–water partition coefficient (Wildman–Crippen LogP) is 4.50. The van der Waals surface area contributed by atoms with Crippen LogP contribution >= 0.6 is 0 Å². The zero-order valence-corrected chi connectivity index (χ0v) is 19.6. The van der Waals surface area contributed by atoms with E-state index in [0.29, 0.717) is 6.54 Å². The number of aromatic nitrogens is 3. The Hall–Kier alpha value is -3.64. The van der Waals surface area contributed by atoms with Crippen LogP contribution in [0.3, 0.4) is 0 Å². The smallest absolute Gasteiger partial charge is 0.224 e. The van der Waals surface area contributed by atoms with Crippen molar-refractivity contribution in [1.29, 1.82) is 0 Å². The van der Waals surface area contributed by atoms with E-state index >= 15 is 0 Å². The van der Waals surface area contributed by atoms with Crippen molar-refractivity contribution in [3.8, 4) is 11.5 Å². The number of para-hydroxylation sites is 1. The fourth-order valence-corrected chi connectivity index (χ4v) is 4.69. The highest BCUT2D eigenvalue weighted by molar-refractivity contribution is 5.79. The number of nitrogens with one attached hydrogen (secondary N) is 1. The number of carbonyl (C=O) groups is 1. The predicted molar refractivity (Wildman–Crippen MR) is 134 cm³/mol. The summed E-state index contributed by atoms with van der Waals surface area (Å²) in [6.45, 7) is 5.17. The number of benzene rings is 2. The highest BCUT2D eigenvalue weighted by atomic mass is 16.1. The first-order valence-electron chi connectivity index (χ1n) is 12.0. The van der Waals surface area contributed by atoms with E-state index in [-0.39, 0.29) is 11.8 Å². The summed E-state index contributed by atoms with van der Waals surface area (Å²) in [7, 11) is 0. The second kappa shape index (κ2) is 10.1. The summed E-state index contributed by atoms with van der Waals surface area (Å²) < 4.78 is 4.11. The first kappa shape index (κ1) is 22.2. The molecule has 1 saturated heterocycles. The van der Waals surface area contributed by atoms with E-state index in [1.54, 1.807) is 0 Å². The highest BCUT2D eigenvalue weighted by Gasteiger charge is 2.27. The molecule has 5 rings (SSSR count). The van der Waals surface area contributed by atoms with Gasteiger partial charge in [0.2, 0.25) is 5.91 Å². The third kappa shape index (κ3) is 4.97. The van der Waals surface area contributed by atoms with E-state index in [4.69, 9.17) is 5.10 Å². The van der Waals surface area contributed by atoms with Gasteiger partial charge in [0.1, 0.15) is 5.82 Å². The molecule has 34 heavy (non-hydrogen) atoms. The monoisotopic (exact) mass is 453 g/mol. The number of aryl methyl sites for hydroxylation is 1. The summed E-state index contributed by atoms with van der Waals surface area (Å²) in [5.74, 6) is 1.21. The molecule has 1 aliphatic heterocycles. The van der Waals surface area contributed by atoms with Gasteiger partial charge in [-0.25, -0.2) is 4.68 Å². The Morgan fingerprint density at radius 3 is 2.56 bits per heavy atom. The second-order valence-corrected chi connectivity index (χ2v) is 9.11. The molecule has 1 N–H and O–H groups in total. The molecule has 0 bridgehead atoms. The number of amides is 1. The molecule has 4 aromatic rings. The third-order valence-corrected chi connectivity index (χ3v) is 6.52. The van der Waals surface area contributed by atoms with Gasteiger partial charge in [-0.15, -0.1) is 0 Å². The maximum atomic E-state index is 12.9. The molecule has 0 saturated carbocycles. The maximum absolute atomic E-state index is 12.9. The Kier molecular flexibility index (Phi) is 6.58. The fraction of sp³-hybridized carbons (Fsp3) is 0.286. The van der Waals surface area contributed by atoms with Crippen molar-refractivity contribution in [2.24, 2.45) is 5.92 Å². The molecule has 6 heteroatoms. The van der Waals surface area contributed by atoms with Crippen molar-refractivity contribution in [3.63, 3.8) is 0 Å². The molecule has 1 atom stereocenters. The van der Waals surface area contributed by atoms with Crippen LogP contribution in [0, 0.1) is 12.8 Å². The molecule has 0 spiro atoms. The minimum Gasteiger partial charge on any atom is -0.352 e. The Bertz CT molecular complexity index is 1210. The van der Waals surface area contributed by atoms with Crippen LogP contribution in [0.25, 0.3) is 11.5 Å². The summed E-state index contributed by atoms with van der Waals surface area (Å²) in [5, 5.41) is 7.87. The number of rotatable bonds is 7. The van der Waals surface area contributed by atoms with Crippen molar-refractivity contribution in [3.05, 3.63) is 102 Å². The Balaban J connectivity index is 1.28. The molecule has 0 aliphatic carbocycles. The maximum Gasteiger partial charge on any atom is 0.224 e. The normalized spacial score (nSPS) is 16.4. The molecule has 2 aromatic heterocycles. The van der Waals surface area contributed by atoms with Crippen molar-refractivity contribution < 1.29 is 4.79 Å². The summed E-state index contributed by atoms with van der Waals surface area (Å²) in [4.78, 5) is 15.3. The van der Waals surface area contributed by atoms with E-state index in [0.717, 1.165) is 55.1 Å². The molecule has 1 amide bonds. The van der Waals surface area contributed by atoms with E-state index in [1.807, 2.05) is 41.2 Å². The van der Waals surface area contributed by atoms with Crippen LogP contribution in [0.5, 0.6) is 0 Å². The minimum absolute atomic E-state index is 0.0124. The first-order chi connectivity index (χ1) is 16.7. The lowest BCUT2D eigenvalue weighted by Crippen LogP contribution is -2.42. The van der Waals surface area contributed by atoms with Gasteiger partial charge in [-0.1, -0.05) is 48.0 Å². The summed E-state index contributed by atoms with van der Waals surface area (Å²) in [5.41, 5.74) is 4.55. The standard InChI is InChI=1S/C28H31N5O/c1-22-11-13-23(14-12-22)18-29-27(34)24-8-7-15-31(20-24)21-25-19-30-33(26-9-3-2-4-10-26)28(25)32-16-5-6-17-32/h2-6,9-14,16-17,19,24H,7-8,15,18,20-21H2,1H3,(H,29,34)/t24-/m1/s1. The van der Waals surface area contributed by atoms with Gasteiger partial charge in [0.25, 0.3) is 0 Å². The molecule has 1 aliphatic rings. The number of likely N-dealkylation sites (tertiary alicyclic amines) is 1. The van der Waals surface area contributed by atoms with Crippen LogP contribution in [0.2, 0.25) is 0 Å². The van der Waals surface area contributed by atoms with Gasteiger partial charge in [0.05, 0.1) is 17.8 Å². The Morgan fingerprint density at radius 1 is 1.03 bits per heavy atom. The van der Waals surface area contributed by atoms with Crippen molar-refractivity contribution in [1.82, 2.24) is 24.6 Å². The second-order valence-electron chi connectivity index (χ2n) is 9.11. The topological polar surface area (TPSA) is 55.1 Å². The zero-order valence-electron chi connectivity index (χ0n) is 19.6. The largest absolute Gasteiger partial charge is 0.352 e. The molecule has 3 heterocycles. The van der Waals surface area contributed by atoms with Gasteiger partial charge in [-0.2, -0.15) is 5.10 Å². The van der Waals surface area contributed by atoms with Gasteiger partial charge in [-0.3, -0.25) is 9.69 Å². The molecule has 1 fully saturated rings. The zero-order chi connectivity index (χ0) is 23.3. The molecule has 0 unspecified atom stereocenters. The van der Waals surface area contributed by atoms with Crippen LogP contribution in [0.15, 0.2) is 85.3 Å². The van der Waals surface area contributed by atoms with Crippen LogP contribution in [0.1, 0.15) is 29.5 Å². The average molecular weight is 454 g/mol. The van der Waals surface area contributed by atoms with Crippen molar-refractivity contribution in [2.45, 2.75) is 32.9 Å². The number of hydrogen-bond acceptors (Lipinski definition) is 3. The van der Waals surface area contributed by atoms with Gasteiger partial charge in [0.15, 0.2) is 0 Å². The van der Waals surface area contributed by atoms with Crippen LogP contribution in [-0.4, -0.2) is 38.2 Å². The SMILES string of the molecule is Cc1ccc(CNC(=O)[C@@H]2CCCN(Cc3cnn(-c4ccccc4)c3-n3cccc3)C2)cc1. The number of piperidine rings is 1. The summed E-state index contributed by atoms with van der Waals surface area (Å²) in [6, 6.07) is 22.6. The third-order valence-electron chi connectivity index (χ3n) is 6.52. The van der Waals surface area contributed by atoms with E-state index in [2.05, 4.69) is 70.5 Å². The van der Waals surface area contributed by atoms with Gasteiger partial charge >= 0.3 is 0 Å². The fourth-order valence-electron chi connectivity index (χ4n) is 4.69. The van der Waals surface area contributed by atoms with Crippen molar-refractivity contribution >= 4 is 5.91 Å². The van der Waals surface area contributed by atoms with Gasteiger partial charge in [0, 0.05) is 37.6 Å². The first-order valence-corrected chi connectivity index (χ1v) is 12.0. The van der Waals surface area contributed by atoms with Crippen LogP contribution < -0.4 is 5.32 Å². The van der Waals surface area contributed by atoms with E-state index < -0.39 is 0 Å². The molecular formula is C28H31N5O. The van der Waals surface area contributed by atoms with Gasteiger partial charge in [-0.05, 0) is 56.1 Å². The lowest BCUT2D eigenvalue weighted by Gasteiger charge is -2.32. The van der Waals surface area contributed by atoms with E-state index in [9.17, 15) is 4.79 Å².